The first-order valence-electron chi connectivity index (χ1n) is 5.55. The summed E-state index contributed by atoms with van der Waals surface area (Å²) in [5, 5.41) is 12.9. The molecule has 92 valence electrons. The van der Waals surface area contributed by atoms with Gasteiger partial charge in [0.2, 0.25) is 5.95 Å². The van der Waals surface area contributed by atoms with Crippen molar-refractivity contribution < 1.29 is 0 Å². The zero-order chi connectivity index (χ0) is 13.2. The number of thiophene rings is 1. The van der Waals surface area contributed by atoms with Crippen LogP contribution in [0.4, 0.5) is 17.5 Å². The van der Waals surface area contributed by atoms with Crippen molar-refractivity contribution in [1.29, 1.82) is 5.26 Å². The maximum Gasteiger partial charge on any atom is 0.223 e. The molecule has 2 heterocycles. The van der Waals surface area contributed by atoms with Crippen LogP contribution in [-0.2, 0) is 0 Å². The van der Waals surface area contributed by atoms with Crippen molar-refractivity contribution in [3.05, 3.63) is 41.3 Å². The molecule has 1 aromatic carbocycles. The minimum absolute atomic E-state index is 0.192. The summed E-state index contributed by atoms with van der Waals surface area (Å²) in [7, 11) is 0. The van der Waals surface area contributed by atoms with Crippen LogP contribution in [0, 0.1) is 11.3 Å². The van der Waals surface area contributed by atoms with Gasteiger partial charge in [0.25, 0.3) is 0 Å². The third-order valence-corrected chi connectivity index (χ3v) is 3.49. The summed E-state index contributed by atoms with van der Waals surface area (Å²) in [6.45, 7) is 0. The number of aromatic nitrogens is 2. The summed E-state index contributed by atoms with van der Waals surface area (Å²) in [4.78, 5) is 9.64. The third kappa shape index (κ3) is 2.19. The number of nitrogens with one attached hydrogen (secondary N) is 1. The monoisotopic (exact) mass is 267 g/mol. The topological polar surface area (TPSA) is 87.6 Å². The predicted octanol–water partition coefficient (Wildman–Crippen LogP) is 2.89. The van der Waals surface area contributed by atoms with Crippen molar-refractivity contribution >= 4 is 39.0 Å². The Labute approximate surface area is 113 Å². The lowest BCUT2D eigenvalue weighted by Gasteiger charge is -2.06. The van der Waals surface area contributed by atoms with Gasteiger partial charge in [-0.05, 0) is 18.2 Å². The van der Waals surface area contributed by atoms with E-state index in [4.69, 9.17) is 11.0 Å². The summed E-state index contributed by atoms with van der Waals surface area (Å²) < 4.78 is 0. The summed E-state index contributed by atoms with van der Waals surface area (Å²) in [6, 6.07) is 13.5. The number of nitrogen functional groups attached to an aromatic ring is 1. The Hall–Kier alpha value is -2.65. The first kappa shape index (κ1) is 11.4. The molecular weight excluding hydrogens is 258 g/mol. The van der Waals surface area contributed by atoms with Crippen LogP contribution in [0.2, 0.25) is 0 Å². The van der Waals surface area contributed by atoms with Gasteiger partial charge in [0.15, 0.2) is 0 Å². The van der Waals surface area contributed by atoms with Gasteiger partial charge in [0.05, 0.1) is 5.39 Å². The number of fused-ring (bicyclic) bond motifs is 1. The first-order chi connectivity index (χ1) is 9.26. The van der Waals surface area contributed by atoms with E-state index < -0.39 is 0 Å². The fraction of sp³-hybridized carbons (Fsp3) is 0. The SMILES string of the molecule is N#Cc1cc2c(Nc3ccccc3)nc(N)nc2s1. The average Bonchev–Trinajstić information content (AvgIpc) is 2.83. The third-order valence-electron chi connectivity index (χ3n) is 2.56. The molecule has 0 saturated heterocycles. The summed E-state index contributed by atoms with van der Waals surface area (Å²) in [5.74, 6) is 0.809. The number of hydrogen-bond donors (Lipinski definition) is 2. The van der Waals surface area contributed by atoms with E-state index in [1.165, 1.54) is 11.3 Å². The van der Waals surface area contributed by atoms with E-state index in [-0.39, 0.29) is 5.95 Å². The highest BCUT2D eigenvalue weighted by Crippen LogP contribution is 2.30. The standard InChI is InChI=1S/C13H9N5S/c14-7-9-6-10-11(16-8-4-2-1-3-5-8)17-13(15)18-12(10)19-9/h1-6H,(H3,15,16,17,18). The van der Waals surface area contributed by atoms with Crippen molar-refractivity contribution in [3.8, 4) is 6.07 Å². The number of rotatable bonds is 2. The molecule has 0 atom stereocenters. The predicted molar refractivity (Wildman–Crippen MR) is 76.3 cm³/mol. The zero-order valence-electron chi connectivity index (χ0n) is 9.79. The Morgan fingerprint density at radius 3 is 2.74 bits per heavy atom. The van der Waals surface area contributed by atoms with Gasteiger partial charge in [0.1, 0.15) is 21.6 Å². The normalized spacial score (nSPS) is 10.3. The Kier molecular flexibility index (Phi) is 2.74. The van der Waals surface area contributed by atoms with E-state index >= 15 is 0 Å². The van der Waals surface area contributed by atoms with Gasteiger partial charge in [-0.3, -0.25) is 0 Å². The van der Waals surface area contributed by atoms with Crippen LogP contribution in [0.5, 0.6) is 0 Å². The number of nitrogens with zero attached hydrogens (tertiary/aromatic N) is 3. The lowest BCUT2D eigenvalue weighted by Crippen LogP contribution is -1.99. The van der Waals surface area contributed by atoms with Gasteiger partial charge in [-0.25, -0.2) is 4.98 Å². The molecule has 0 amide bonds. The summed E-state index contributed by atoms with van der Waals surface area (Å²) in [6.07, 6.45) is 0. The molecule has 0 spiro atoms. The van der Waals surface area contributed by atoms with Crippen molar-refractivity contribution in [3.63, 3.8) is 0 Å². The number of nitriles is 1. The van der Waals surface area contributed by atoms with Crippen LogP contribution in [0.15, 0.2) is 36.4 Å². The summed E-state index contributed by atoms with van der Waals surface area (Å²) in [5.41, 5.74) is 6.60. The van der Waals surface area contributed by atoms with Crippen LogP contribution >= 0.6 is 11.3 Å². The van der Waals surface area contributed by atoms with Crippen molar-refractivity contribution in [2.45, 2.75) is 0 Å². The van der Waals surface area contributed by atoms with E-state index in [0.29, 0.717) is 15.5 Å². The minimum Gasteiger partial charge on any atom is -0.368 e. The molecule has 3 aromatic rings. The Balaban J connectivity index is 2.12. The van der Waals surface area contributed by atoms with E-state index in [2.05, 4.69) is 21.4 Å². The van der Waals surface area contributed by atoms with Crippen molar-refractivity contribution in [2.24, 2.45) is 0 Å². The molecule has 3 rings (SSSR count). The average molecular weight is 267 g/mol. The molecule has 0 fully saturated rings. The highest BCUT2D eigenvalue weighted by molar-refractivity contribution is 7.19. The van der Waals surface area contributed by atoms with E-state index in [1.54, 1.807) is 6.07 Å². The number of anilines is 3. The van der Waals surface area contributed by atoms with Gasteiger partial charge in [-0.1, -0.05) is 18.2 Å². The number of benzene rings is 1. The van der Waals surface area contributed by atoms with Crippen LogP contribution in [0.25, 0.3) is 10.2 Å². The Bertz CT molecular complexity index is 773. The molecule has 0 aliphatic heterocycles. The molecule has 0 saturated carbocycles. The first-order valence-corrected chi connectivity index (χ1v) is 6.37. The van der Waals surface area contributed by atoms with E-state index in [9.17, 15) is 0 Å². The molecule has 0 aliphatic rings. The quantitative estimate of drug-likeness (QED) is 0.745. The lowest BCUT2D eigenvalue weighted by molar-refractivity contribution is 1.24. The second-order valence-corrected chi connectivity index (χ2v) is 4.89. The van der Waals surface area contributed by atoms with Gasteiger partial charge < -0.3 is 11.1 Å². The van der Waals surface area contributed by atoms with Gasteiger partial charge in [-0.15, -0.1) is 11.3 Å². The second kappa shape index (κ2) is 4.55. The van der Waals surface area contributed by atoms with Crippen LogP contribution in [-0.4, -0.2) is 9.97 Å². The molecular formula is C13H9N5S. The number of para-hydroxylation sites is 1. The molecule has 6 heteroatoms. The molecule has 3 N–H and O–H groups in total. The highest BCUT2D eigenvalue weighted by atomic mass is 32.1. The van der Waals surface area contributed by atoms with Gasteiger partial charge in [-0.2, -0.15) is 10.2 Å². The zero-order valence-corrected chi connectivity index (χ0v) is 10.6. The molecule has 0 radical (unpaired) electrons. The smallest absolute Gasteiger partial charge is 0.223 e. The van der Waals surface area contributed by atoms with Gasteiger partial charge in [0, 0.05) is 5.69 Å². The molecule has 0 aliphatic carbocycles. The van der Waals surface area contributed by atoms with Crippen LogP contribution < -0.4 is 11.1 Å². The lowest BCUT2D eigenvalue weighted by atomic mass is 10.3. The number of hydrogen-bond acceptors (Lipinski definition) is 6. The van der Waals surface area contributed by atoms with Gasteiger partial charge >= 0.3 is 0 Å². The maximum atomic E-state index is 8.95. The molecule has 2 aromatic heterocycles. The summed E-state index contributed by atoms with van der Waals surface area (Å²) >= 11 is 1.30. The molecule has 19 heavy (non-hydrogen) atoms. The molecule has 0 unspecified atom stereocenters. The van der Waals surface area contributed by atoms with Crippen molar-refractivity contribution in [2.75, 3.05) is 11.1 Å². The largest absolute Gasteiger partial charge is 0.368 e. The minimum atomic E-state index is 0.192. The Morgan fingerprint density at radius 2 is 2.00 bits per heavy atom. The number of nitrogens with two attached hydrogens (primary N) is 1. The maximum absolute atomic E-state index is 8.95. The highest BCUT2D eigenvalue weighted by Gasteiger charge is 2.10. The second-order valence-electron chi connectivity index (χ2n) is 3.86. The fourth-order valence-corrected chi connectivity index (χ4v) is 2.58. The fourth-order valence-electron chi connectivity index (χ4n) is 1.75. The van der Waals surface area contributed by atoms with E-state index in [1.807, 2.05) is 30.3 Å². The molecule has 0 bridgehead atoms. The van der Waals surface area contributed by atoms with Crippen molar-refractivity contribution in [1.82, 2.24) is 9.97 Å². The van der Waals surface area contributed by atoms with Crippen LogP contribution in [0.1, 0.15) is 4.88 Å². The van der Waals surface area contributed by atoms with Crippen LogP contribution in [0.3, 0.4) is 0 Å². The molecule has 5 nitrogen and oxygen atoms in total. The van der Waals surface area contributed by atoms with E-state index in [0.717, 1.165) is 11.1 Å². The Morgan fingerprint density at radius 1 is 1.21 bits per heavy atom.